The zero-order chi connectivity index (χ0) is 13.0. The summed E-state index contributed by atoms with van der Waals surface area (Å²) in [6.45, 7) is 6.35. The molecule has 0 bridgehead atoms. The number of hydrogen-bond acceptors (Lipinski definition) is 3. The highest BCUT2D eigenvalue weighted by Gasteiger charge is 2.32. The van der Waals surface area contributed by atoms with E-state index >= 15 is 0 Å². The van der Waals surface area contributed by atoms with Crippen LogP contribution in [0, 0.1) is 0 Å². The zero-order valence-electron chi connectivity index (χ0n) is 11.1. The number of aromatic nitrogens is 1. The fourth-order valence-electron chi connectivity index (χ4n) is 2.26. The van der Waals surface area contributed by atoms with E-state index in [0.29, 0.717) is 6.54 Å². The Morgan fingerprint density at radius 1 is 1.33 bits per heavy atom. The summed E-state index contributed by atoms with van der Waals surface area (Å²) in [6.07, 6.45) is 5.71. The van der Waals surface area contributed by atoms with E-state index in [1.165, 1.54) is 0 Å². The number of nitrogens with zero attached hydrogens (tertiary/aromatic N) is 2. The molecule has 1 aliphatic heterocycles. The van der Waals surface area contributed by atoms with Crippen molar-refractivity contribution in [3.8, 4) is 0 Å². The van der Waals surface area contributed by atoms with Crippen molar-refractivity contribution in [1.29, 1.82) is 0 Å². The normalized spacial score (nSPS) is 20.3. The van der Waals surface area contributed by atoms with Crippen molar-refractivity contribution in [2.45, 2.75) is 38.8 Å². The maximum Gasteiger partial charge on any atom is 0.242 e. The molecule has 1 N–H and O–H groups in total. The third-order valence-corrected chi connectivity index (χ3v) is 3.37. The van der Waals surface area contributed by atoms with E-state index in [1.807, 2.05) is 30.9 Å². The molecule has 4 nitrogen and oxygen atoms in total. The average Bonchev–Trinajstić information content (AvgIpc) is 2.36. The van der Waals surface area contributed by atoms with E-state index in [4.69, 9.17) is 0 Å². The first-order valence-corrected chi connectivity index (χ1v) is 6.53. The van der Waals surface area contributed by atoms with Gasteiger partial charge in [-0.05, 0) is 50.9 Å². The van der Waals surface area contributed by atoms with Gasteiger partial charge in [-0.25, -0.2) is 0 Å². The molecule has 2 heterocycles. The Morgan fingerprint density at radius 2 is 2.06 bits per heavy atom. The summed E-state index contributed by atoms with van der Waals surface area (Å²) in [7, 11) is 0. The van der Waals surface area contributed by atoms with Gasteiger partial charge >= 0.3 is 0 Å². The molecular weight excluding hydrogens is 226 g/mol. The van der Waals surface area contributed by atoms with Crippen molar-refractivity contribution < 1.29 is 4.79 Å². The largest absolute Gasteiger partial charge is 0.337 e. The Kier molecular flexibility index (Phi) is 3.97. The van der Waals surface area contributed by atoms with Crippen LogP contribution in [0.25, 0.3) is 0 Å². The lowest BCUT2D eigenvalue weighted by atomic mass is 10.0. The Bertz CT molecular complexity index is 403. The third kappa shape index (κ3) is 3.07. The standard InChI is InChI=1S/C14H21N3O/c1-14(2)13(18)17(10-4-3-7-16-14)11-12-5-8-15-9-6-12/h5-6,8-9,16H,3-4,7,10-11H2,1-2H3. The van der Waals surface area contributed by atoms with Gasteiger partial charge in [0.25, 0.3) is 0 Å². The second-order valence-electron chi connectivity index (χ2n) is 5.34. The molecule has 98 valence electrons. The van der Waals surface area contributed by atoms with Crippen molar-refractivity contribution in [3.63, 3.8) is 0 Å². The van der Waals surface area contributed by atoms with Crippen LogP contribution in [0.2, 0.25) is 0 Å². The Labute approximate surface area is 108 Å². The molecule has 1 aliphatic rings. The summed E-state index contributed by atoms with van der Waals surface area (Å²) in [5.41, 5.74) is 0.669. The van der Waals surface area contributed by atoms with Crippen molar-refractivity contribution in [2.24, 2.45) is 0 Å². The molecule has 1 amide bonds. The topological polar surface area (TPSA) is 45.2 Å². The van der Waals surface area contributed by atoms with Gasteiger partial charge < -0.3 is 10.2 Å². The molecule has 1 saturated heterocycles. The second-order valence-corrected chi connectivity index (χ2v) is 5.34. The minimum Gasteiger partial charge on any atom is -0.337 e. The van der Waals surface area contributed by atoms with Crippen LogP contribution < -0.4 is 5.32 Å². The Morgan fingerprint density at radius 3 is 2.78 bits per heavy atom. The van der Waals surface area contributed by atoms with Gasteiger partial charge in [-0.2, -0.15) is 0 Å². The van der Waals surface area contributed by atoms with E-state index in [9.17, 15) is 4.79 Å². The van der Waals surface area contributed by atoms with Gasteiger partial charge in [0.15, 0.2) is 0 Å². The summed E-state index contributed by atoms with van der Waals surface area (Å²) >= 11 is 0. The lowest BCUT2D eigenvalue weighted by Gasteiger charge is -2.35. The van der Waals surface area contributed by atoms with Gasteiger partial charge in [-0.15, -0.1) is 0 Å². The Balaban J connectivity index is 2.11. The smallest absolute Gasteiger partial charge is 0.242 e. The highest BCUT2D eigenvalue weighted by atomic mass is 16.2. The SMILES string of the molecule is CC1(C)NCCCCN(Cc2ccncc2)C1=O. The second kappa shape index (κ2) is 5.48. The number of rotatable bonds is 2. The Hall–Kier alpha value is -1.42. The predicted octanol–water partition coefficient (Wildman–Crippen LogP) is 1.57. The quantitative estimate of drug-likeness (QED) is 0.863. The minimum atomic E-state index is -0.465. The third-order valence-electron chi connectivity index (χ3n) is 3.37. The maximum atomic E-state index is 12.5. The van der Waals surface area contributed by atoms with Crippen molar-refractivity contribution in [2.75, 3.05) is 13.1 Å². The van der Waals surface area contributed by atoms with E-state index in [1.54, 1.807) is 12.4 Å². The summed E-state index contributed by atoms with van der Waals surface area (Å²) in [5.74, 6) is 0.180. The lowest BCUT2D eigenvalue weighted by Crippen LogP contribution is -2.55. The monoisotopic (exact) mass is 247 g/mol. The fraction of sp³-hybridized carbons (Fsp3) is 0.571. The van der Waals surface area contributed by atoms with Gasteiger partial charge in [-0.3, -0.25) is 9.78 Å². The van der Waals surface area contributed by atoms with Crippen LogP contribution in [0.4, 0.5) is 0 Å². The zero-order valence-corrected chi connectivity index (χ0v) is 11.1. The van der Waals surface area contributed by atoms with E-state index in [0.717, 1.165) is 31.5 Å². The van der Waals surface area contributed by atoms with Crippen molar-refractivity contribution in [1.82, 2.24) is 15.2 Å². The molecular formula is C14H21N3O. The number of carbonyl (C=O) groups excluding carboxylic acids is 1. The molecule has 1 aromatic rings. The van der Waals surface area contributed by atoms with Gasteiger partial charge in [0.05, 0.1) is 5.54 Å². The number of hydrogen-bond donors (Lipinski definition) is 1. The summed E-state index contributed by atoms with van der Waals surface area (Å²) in [4.78, 5) is 18.4. The van der Waals surface area contributed by atoms with Gasteiger partial charge in [0.1, 0.15) is 0 Å². The molecule has 0 atom stereocenters. The predicted molar refractivity (Wildman–Crippen MR) is 71.0 cm³/mol. The first-order chi connectivity index (χ1) is 8.59. The number of nitrogens with one attached hydrogen (secondary N) is 1. The molecule has 18 heavy (non-hydrogen) atoms. The molecule has 1 fully saturated rings. The number of amides is 1. The molecule has 0 saturated carbocycles. The van der Waals surface area contributed by atoms with E-state index in [-0.39, 0.29) is 5.91 Å². The van der Waals surface area contributed by atoms with Crippen LogP contribution in [0.3, 0.4) is 0 Å². The first kappa shape index (κ1) is 13.0. The summed E-state index contributed by atoms with van der Waals surface area (Å²) in [6, 6.07) is 3.93. The molecule has 0 radical (unpaired) electrons. The van der Waals surface area contributed by atoms with Crippen molar-refractivity contribution >= 4 is 5.91 Å². The first-order valence-electron chi connectivity index (χ1n) is 6.53. The average molecular weight is 247 g/mol. The van der Waals surface area contributed by atoms with E-state index < -0.39 is 5.54 Å². The molecule has 0 aliphatic carbocycles. The number of carbonyl (C=O) groups is 1. The van der Waals surface area contributed by atoms with Crippen LogP contribution in [0.1, 0.15) is 32.3 Å². The molecule has 0 unspecified atom stereocenters. The molecule has 4 heteroatoms. The van der Waals surface area contributed by atoms with Crippen LogP contribution in [-0.4, -0.2) is 34.4 Å². The highest BCUT2D eigenvalue weighted by Crippen LogP contribution is 2.15. The fourth-order valence-corrected chi connectivity index (χ4v) is 2.26. The molecule has 0 spiro atoms. The van der Waals surface area contributed by atoms with E-state index in [2.05, 4.69) is 10.3 Å². The lowest BCUT2D eigenvalue weighted by molar-refractivity contribution is -0.138. The molecule has 0 aromatic carbocycles. The van der Waals surface area contributed by atoms with Crippen LogP contribution in [0.15, 0.2) is 24.5 Å². The summed E-state index contributed by atoms with van der Waals surface area (Å²) < 4.78 is 0. The van der Waals surface area contributed by atoms with Crippen LogP contribution >= 0.6 is 0 Å². The highest BCUT2D eigenvalue weighted by molar-refractivity contribution is 5.85. The number of pyridine rings is 1. The van der Waals surface area contributed by atoms with Crippen molar-refractivity contribution in [3.05, 3.63) is 30.1 Å². The molecule has 1 aromatic heterocycles. The molecule has 2 rings (SSSR count). The van der Waals surface area contributed by atoms with Crippen LogP contribution in [-0.2, 0) is 11.3 Å². The van der Waals surface area contributed by atoms with Gasteiger partial charge in [0.2, 0.25) is 5.91 Å². The summed E-state index contributed by atoms with van der Waals surface area (Å²) in [5, 5.41) is 3.32. The van der Waals surface area contributed by atoms with Crippen LogP contribution in [0.5, 0.6) is 0 Å². The maximum absolute atomic E-state index is 12.5. The van der Waals surface area contributed by atoms with Gasteiger partial charge in [-0.1, -0.05) is 0 Å². The minimum absolute atomic E-state index is 0.180. The van der Waals surface area contributed by atoms with Gasteiger partial charge in [0, 0.05) is 25.5 Å².